The molecule has 0 saturated carbocycles. The predicted octanol–water partition coefficient (Wildman–Crippen LogP) is 1.84. The van der Waals surface area contributed by atoms with Crippen LogP contribution in [0.2, 0.25) is 0 Å². The van der Waals surface area contributed by atoms with Crippen LogP contribution >= 0.6 is 0 Å². The summed E-state index contributed by atoms with van der Waals surface area (Å²) in [6, 6.07) is 15.4. The lowest BCUT2D eigenvalue weighted by Gasteiger charge is -2.07. The molecule has 0 bridgehead atoms. The molecule has 0 N–H and O–H groups in total. The molecule has 2 rings (SSSR count). The molecule has 0 aliphatic rings. The van der Waals surface area contributed by atoms with Crippen LogP contribution in [0.15, 0.2) is 54.6 Å². The number of hydrogen-bond acceptors (Lipinski definition) is 3. The predicted molar refractivity (Wildman–Crippen MR) is 57.3 cm³/mol. The van der Waals surface area contributed by atoms with Gasteiger partial charge in [-0.3, -0.25) is 0 Å². The van der Waals surface area contributed by atoms with E-state index in [-0.39, 0.29) is 5.56 Å². The highest BCUT2D eigenvalue weighted by molar-refractivity contribution is 5.86. The van der Waals surface area contributed by atoms with E-state index in [9.17, 15) is 9.90 Å². The number of rotatable bonds is 3. The lowest BCUT2D eigenvalue weighted by Crippen LogP contribution is -2.21. The lowest BCUT2D eigenvalue weighted by atomic mass is 10.2. The van der Waals surface area contributed by atoms with E-state index in [2.05, 4.69) is 0 Å². The Balaban J connectivity index is 2.22. The van der Waals surface area contributed by atoms with Gasteiger partial charge in [-0.15, -0.1) is 0 Å². The van der Waals surface area contributed by atoms with Gasteiger partial charge >= 0.3 is 0 Å². The third-order valence-electron chi connectivity index (χ3n) is 2.05. The van der Waals surface area contributed by atoms with E-state index in [0.29, 0.717) is 11.5 Å². The topological polar surface area (TPSA) is 49.4 Å². The van der Waals surface area contributed by atoms with E-state index in [1.807, 2.05) is 18.2 Å². The normalized spacial score (nSPS) is 9.75. The number of carboxylic acid groups (broad SMARTS) is 1. The number of hydrogen-bond donors (Lipinski definition) is 0. The highest BCUT2D eigenvalue weighted by Gasteiger charge is 1.98. The quantitative estimate of drug-likeness (QED) is 0.781. The maximum Gasteiger partial charge on any atom is 0.128 e. The van der Waals surface area contributed by atoms with Crippen LogP contribution < -0.4 is 9.84 Å². The zero-order chi connectivity index (χ0) is 11.4. The Morgan fingerprint density at radius 2 is 1.62 bits per heavy atom. The van der Waals surface area contributed by atoms with Crippen molar-refractivity contribution < 1.29 is 14.6 Å². The van der Waals surface area contributed by atoms with E-state index < -0.39 is 5.97 Å². The number of carbonyl (C=O) groups is 1. The van der Waals surface area contributed by atoms with E-state index in [0.717, 1.165) is 0 Å². The summed E-state index contributed by atoms with van der Waals surface area (Å²) >= 11 is 0. The Kier molecular flexibility index (Phi) is 2.87. The fourth-order valence-corrected chi connectivity index (χ4v) is 1.31. The molecule has 0 aromatic heterocycles. The summed E-state index contributed by atoms with van der Waals surface area (Å²) in [6.07, 6.45) is 0. The summed E-state index contributed by atoms with van der Waals surface area (Å²) in [5.41, 5.74) is 0.105. The monoisotopic (exact) mass is 213 g/mol. The van der Waals surface area contributed by atoms with Gasteiger partial charge in [0.15, 0.2) is 0 Å². The van der Waals surface area contributed by atoms with Crippen LogP contribution in [0.1, 0.15) is 10.4 Å². The van der Waals surface area contributed by atoms with Crippen LogP contribution in [0.25, 0.3) is 0 Å². The van der Waals surface area contributed by atoms with Gasteiger partial charge in [0, 0.05) is 5.56 Å². The number of para-hydroxylation sites is 1. The summed E-state index contributed by atoms with van der Waals surface area (Å²) in [6.45, 7) is 0. The molecule has 0 amide bonds. The Bertz CT molecular complexity index is 492. The molecule has 0 fully saturated rings. The molecule has 3 nitrogen and oxygen atoms in total. The summed E-state index contributed by atoms with van der Waals surface area (Å²) in [5.74, 6) is -0.0654. The maximum absolute atomic E-state index is 10.6. The first kappa shape index (κ1) is 10.2. The van der Waals surface area contributed by atoms with Crippen molar-refractivity contribution in [2.75, 3.05) is 0 Å². The second-order valence-corrected chi connectivity index (χ2v) is 3.23. The molecule has 2 aromatic carbocycles. The summed E-state index contributed by atoms with van der Waals surface area (Å²) in [4.78, 5) is 10.6. The lowest BCUT2D eigenvalue weighted by molar-refractivity contribution is -0.255. The Labute approximate surface area is 92.9 Å². The average molecular weight is 213 g/mol. The second-order valence-electron chi connectivity index (χ2n) is 3.23. The number of aromatic carboxylic acids is 1. The fraction of sp³-hybridized carbons (Fsp3) is 0. The molecule has 0 atom stereocenters. The van der Waals surface area contributed by atoms with Crippen molar-refractivity contribution >= 4 is 5.97 Å². The van der Waals surface area contributed by atoms with Gasteiger partial charge in [-0.05, 0) is 24.3 Å². The van der Waals surface area contributed by atoms with Gasteiger partial charge in [0.1, 0.15) is 11.5 Å². The molecule has 0 saturated heterocycles. The van der Waals surface area contributed by atoms with E-state index in [4.69, 9.17) is 4.74 Å². The van der Waals surface area contributed by atoms with Crippen molar-refractivity contribution in [3.8, 4) is 11.5 Å². The van der Waals surface area contributed by atoms with Gasteiger partial charge in [-0.2, -0.15) is 0 Å². The van der Waals surface area contributed by atoms with Gasteiger partial charge in [0.05, 0.1) is 5.97 Å². The van der Waals surface area contributed by atoms with Crippen LogP contribution in [0, 0.1) is 0 Å². The maximum atomic E-state index is 10.6. The molecular formula is C13H9O3-. The Morgan fingerprint density at radius 1 is 0.938 bits per heavy atom. The van der Waals surface area contributed by atoms with Gasteiger partial charge in [0.2, 0.25) is 0 Å². The molecule has 16 heavy (non-hydrogen) atoms. The molecule has 0 aliphatic carbocycles. The molecule has 2 aromatic rings. The highest BCUT2D eigenvalue weighted by Crippen LogP contribution is 2.21. The minimum atomic E-state index is -1.21. The minimum Gasteiger partial charge on any atom is -0.545 e. The van der Waals surface area contributed by atoms with Crippen molar-refractivity contribution in [1.82, 2.24) is 0 Å². The molecule has 3 heteroatoms. The van der Waals surface area contributed by atoms with Crippen molar-refractivity contribution in [3.05, 3.63) is 60.2 Å². The Hall–Kier alpha value is -2.29. The molecule has 0 radical (unpaired) electrons. The van der Waals surface area contributed by atoms with E-state index >= 15 is 0 Å². The third kappa shape index (κ3) is 2.39. The van der Waals surface area contributed by atoms with Crippen LogP contribution in [-0.4, -0.2) is 5.97 Å². The van der Waals surface area contributed by atoms with Gasteiger partial charge in [-0.25, -0.2) is 0 Å². The van der Waals surface area contributed by atoms with E-state index in [1.54, 1.807) is 24.3 Å². The van der Waals surface area contributed by atoms with Crippen molar-refractivity contribution in [3.63, 3.8) is 0 Å². The second kappa shape index (κ2) is 4.49. The first-order valence-electron chi connectivity index (χ1n) is 4.80. The average Bonchev–Trinajstić information content (AvgIpc) is 2.30. The number of benzene rings is 2. The summed E-state index contributed by atoms with van der Waals surface area (Å²) < 4.78 is 5.48. The fourth-order valence-electron chi connectivity index (χ4n) is 1.31. The molecule has 0 aliphatic heterocycles. The number of ether oxygens (including phenoxy) is 1. The standard InChI is InChI=1S/C13H10O3/c14-13(15)10-5-4-8-12(9-10)16-11-6-2-1-3-7-11/h1-9H,(H,14,15)/p-1. The largest absolute Gasteiger partial charge is 0.545 e. The Morgan fingerprint density at radius 3 is 2.31 bits per heavy atom. The first-order valence-corrected chi connectivity index (χ1v) is 4.80. The summed E-state index contributed by atoms with van der Waals surface area (Å²) in [5, 5.41) is 10.6. The smallest absolute Gasteiger partial charge is 0.128 e. The highest BCUT2D eigenvalue weighted by atomic mass is 16.5. The molecule has 0 heterocycles. The minimum absolute atomic E-state index is 0.105. The number of carbonyl (C=O) groups excluding carboxylic acids is 1. The van der Waals surface area contributed by atoms with Crippen molar-refractivity contribution in [1.29, 1.82) is 0 Å². The van der Waals surface area contributed by atoms with Gasteiger partial charge < -0.3 is 14.6 Å². The zero-order valence-corrected chi connectivity index (χ0v) is 8.42. The van der Waals surface area contributed by atoms with Crippen molar-refractivity contribution in [2.45, 2.75) is 0 Å². The number of carboxylic acids is 1. The summed E-state index contributed by atoms with van der Waals surface area (Å²) in [7, 11) is 0. The van der Waals surface area contributed by atoms with Crippen LogP contribution in [0.5, 0.6) is 11.5 Å². The molecule has 80 valence electrons. The molecule has 0 spiro atoms. The first-order chi connectivity index (χ1) is 7.75. The van der Waals surface area contributed by atoms with Crippen LogP contribution in [-0.2, 0) is 0 Å². The van der Waals surface area contributed by atoms with Crippen molar-refractivity contribution in [2.24, 2.45) is 0 Å². The molecular weight excluding hydrogens is 204 g/mol. The third-order valence-corrected chi connectivity index (χ3v) is 2.05. The SMILES string of the molecule is O=C([O-])c1cccc(Oc2ccccc2)c1. The van der Waals surface area contributed by atoms with Gasteiger partial charge in [-0.1, -0.05) is 30.3 Å². The van der Waals surface area contributed by atoms with Crippen LogP contribution in [0.3, 0.4) is 0 Å². The van der Waals surface area contributed by atoms with Gasteiger partial charge in [0.25, 0.3) is 0 Å². The molecule has 0 unspecified atom stereocenters. The van der Waals surface area contributed by atoms with E-state index in [1.165, 1.54) is 12.1 Å². The van der Waals surface area contributed by atoms with Crippen LogP contribution in [0.4, 0.5) is 0 Å². The zero-order valence-electron chi connectivity index (χ0n) is 8.42.